The average molecular weight is 1050 g/mol. The van der Waals surface area contributed by atoms with E-state index in [-0.39, 0.29) is 34.6 Å². The van der Waals surface area contributed by atoms with Crippen molar-refractivity contribution >= 4 is 79.8 Å². The number of fused-ring (bicyclic) bond motifs is 4. The van der Waals surface area contributed by atoms with Crippen LogP contribution in [0.25, 0.3) is 55.4 Å². The van der Waals surface area contributed by atoms with Crippen molar-refractivity contribution in [3.63, 3.8) is 0 Å². The molecule has 0 aliphatic carbocycles. The second kappa shape index (κ2) is 20.1. The Hall–Kier alpha value is -9.40. The molecule has 0 saturated heterocycles. The van der Waals surface area contributed by atoms with E-state index in [4.69, 9.17) is 39.8 Å². The lowest BCUT2D eigenvalue weighted by atomic mass is 9.93. The molecule has 8 heterocycles. The van der Waals surface area contributed by atoms with Crippen molar-refractivity contribution in [1.82, 2.24) is 79.0 Å². The molecule has 0 aliphatic rings. The van der Waals surface area contributed by atoms with E-state index in [9.17, 15) is 9.59 Å². The first kappa shape index (κ1) is 48.8. The Morgan fingerprint density at radius 3 is 1.63 bits per heavy atom. The standard InChI is InChI=1S/2C27H24ClN9O/c1-16(32-27(38)23-25(29)34-36-11-6-10-30-26(23)36)19-13-21(28)20-14-31-37(15-18-9-12-35(2)33-18)24(20)22(19)17-7-4-3-5-8-17;1-16(31-27(38)23-25(29)34-37-11-6-10-30-26(23)37)19-13-21(28)20-15-36(14-18-9-12-35(2)32-18)33-24(20)22(19)17-7-4-3-5-8-17/h3-14,16H,15H2,1-2H3,(H2,29,34)(H,32,38);3-13,15-16H,14H2,1-2H3,(H2,29,34)(H,31,38). The molecule has 0 bridgehead atoms. The lowest BCUT2D eigenvalue weighted by Gasteiger charge is -2.21. The predicted octanol–water partition coefficient (Wildman–Crippen LogP) is 8.51. The zero-order valence-electron chi connectivity index (χ0n) is 41.4. The molecule has 20 nitrogen and oxygen atoms in total. The van der Waals surface area contributed by atoms with Crippen LogP contribution in [0.3, 0.4) is 0 Å². The molecule has 2 unspecified atom stereocenters. The minimum absolute atomic E-state index is 0.110. The maximum Gasteiger partial charge on any atom is 0.259 e. The first-order valence-electron chi connectivity index (χ1n) is 24.0. The van der Waals surface area contributed by atoms with E-state index in [2.05, 4.69) is 46.1 Å². The van der Waals surface area contributed by atoms with Crippen LogP contribution in [0.2, 0.25) is 10.0 Å². The fourth-order valence-corrected chi connectivity index (χ4v) is 10.0. The SMILES string of the molecule is CC(NC(=O)c1c(N)nn2cccnc12)c1cc(Cl)c2cn(Cc3ccn(C)n3)nc2c1-c1ccccc1.CC(NC(=O)c1c(N)nn2cccnc12)c1cc(Cl)c2cnn(Cc3ccn(C)n3)c2c1-c1ccccc1. The fourth-order valence-electron chi connectivity index (χ4n) is 9.50. The lowest BCUT2D eigenvalue weighted by Crippen LogP contribution is -2.28. The maximum absolute atomic E-state index is 13.4. The summed E-state index contributed by atoms with van der Waals surface area (Å²) in [5.74, 6) is -0.530. The molecule has 76 heavy (non-hydrogen) atoms. The molecule has 0 radical (unpaired) electrons. The third-order valence-corrected chi connectivity index (χ3v) is 13.6. The van der Waals surface area contributed by atoms with Crippen molar-refractivity contribution in [1.29, 1.82) is 0 Å². The van der Waals surface area contributed by atoms with Gasteiger partial charge in [-0.2, -0.15) is 20.4 Å². The van der Waals surface area contributed by atoms with Crippen LogP contribution in [0.15, 0.2) is 147 Å². The number of benzene rings is 4. The number of hydrogen-bond acceptors (Lipinski definition) is 12. The molecule has 2 amide bonds. The van der Waals surface area contributed by atoms with Gasteiger partial charge >= 0.3 is 0 Å². The Bertz CT molecular complexity index is 4120. The van der Waals surface area contributed by atoms with Crippen LogP contribution in [-0.4, -0.2) is 80.1 Å². The maximum atomic E-state index is 13.4. The van der Waals surface area contributed by atoms with Gasteiger partial charge < -0.3 is 22.1 Å². The summed E-state index contributed by atoms with van der Waals surface area (Å²) in [6, 6.07) is 30.2. The summed E-state index contributed by atoms with van der Waals surface area (Å²) in [7, 11) is 3.76. The molecule has 0 saturated carbocycles. The predicted molar refractivity (Wildman–Crippen MR) is 292 cm³/mol. The Morgan fingerprint density at radius 1 is 0.605 bits per heavy atom. The minimum Gasteiger partial charge on any atom is -0.381 e. The van der Waals surface area contributed by atoms with Crippen molar-refractivity contribution in [3.8, 4) is 22.3 Å². The minimum atomic E-state index is -0.434. The largest absolute Gasteiger partial charge is 0.381 e. The van der Waals surface area contributed by atoms with Crippen molar-refractivity contribution in [3.05, 3.63) is 190 Å². The number of aromatic nitrogens is 14. The molecule has 6 N–H and O–H groups in total. The highest BCUT2D eigenvalue weighted by molar-refractivity contribution is 6.36. The summed E-state index contributed by atoms with van der Waals surface area (Å²) in [5.41, 5.74) is 22.2. The molecule has 12 rings (SSSR count). The zero-order chi connectivity index (χ0) is 52.8. The van der Waals surface area contributed by atoms with Crippen LogP contribution in [-0.2, 0) is 27.2 Å². The molecule has 8 aromatic heterocycles. The van der Waals surface area contributed by atoms with E-state index < -0.39 is 12.1 Å². The Balaban J connectivity index is 0.000000162. The normalized spacial score (nSPS) is 12.3. The molecule has 22 heteroatoms. The van der Waals surface area contributed by atoms with Crippen molar-refractivity contribution in [2.75, 3.05) is 11.5 Å². The molecular formula is C54H48Cl2N18O2. The molecule has 4 aromatic carbocycles. The molecule has 0 aliphatic heterocycles. The van der Waals surface area contributed by atoms with Crippen LogP contribution in [0, 0.1) is 0 Å². The molecule has 2 atom stereocenters. The van der Waals surface area contributed by atoms with Gasteiger partial charge in [0.05, 0.1) is 58.3 Å². The van der Waals surface area contributed by atoms with Gasteiger partial charge in [0.1, 0.15) is 16.6 Å². The van der Waals surface area contributed by atoms with Crippen molar-refractivity contribution in [2.45, 2.75) is 39.0 Å². The molecule has 12 aromatic rings. The van der Waals surface area contributed by atoms with Gasteiger partial charge in [-0.25, -0.2) is 19.0 Å². The number of nitrogen functional groups attached to an aromatic ring is 2. The average Bonchev–Trinajstić information content (AvgIpc) is 4.29. The summed E-state index contributed by atoms with van der Waals surface area (Å²) >= 11 is 13.6. The summed E-state index contributed by atoms with van der Waals surface area (Å²) in [5, 5.41) is 35.8. The molecule has 0 fully saturated rings. The van der Waals surface area contributed by atoms with E-state index in [0.717, 1.165) is 66.6 Å². The second-order valence-corrected chi connectivity index (χ2v) is 19.0. The molecular weight excluding hydrogens is 1000 g/mol. The number of halogens is 2. The fraction of sp³-hybridized carbons (Fsp3) is 0.148. The third kappa shape index (κ3) is 9.30. The van der Waals surface area contributed by atoms with Gasteiger partial charge in [-0.15, -0.1) is 10.2 Å². The van der Waals surface area contributed by atoms with Gasteiger partial charge in [0, 0.05) is 79.4 Å². The Morgan fingerprint density at radius 2 is 1.11 bits per heavy atom. The van der Waals surface area contributed by atoms with Gasteiger partial charge in [-0.05, 0) is 72.5 Å². The number of nitrogens with one attached hydrogen (secondary N) is 2. The van der Waals surface area contributed by atoms with E-state index >= 15 is 0 Å². The van der Waals surface area contributed by atoms with Crippen LogP contribution >= 0.6 is 23.2 Å². The van der Waals surface area contributed by atoms with Crippen LogP contribution < -0.4 is 22.1 Å². The van der Waals surface area contributed by atoms with Gasteiger partial charge in [0.2, 0.25) is 0 Å². The highest BCUT2D eigenvalue weighted by Crippen LogP contribution is 2.41. The first-order chi connectivity index (χ1) is 36.8. The van der Waals surface area contributed by atoms with Gasteiger partial charge in [0.25, 0.3) is 11.8 Å². The number of carbonyl (C=O) groups excluding carboxylic acids is 2. The zero-order valence-corrected chi connectivity index (χ0v) is 42.9. The van der Waals surface area contributed by atoms with E-state index in [0.29, 0.717) is 34.4 Å². The quantitative estimate of drug-likeness (QED) is 0.0900. The summed E-state index contributed by atoms with van der Waals surface area (Å²) in [6.45, 7) is 4.79. The van der Waals surface area contributed by atoms with E-state index in [1.807, 2.05) is 141 Å². The second-order valence-electron chi connectivity index (χ2n) is 18.2. The highest BCUT2D eigenvalue weighted by atomic mass is 35.5. The Kier molecular flexibility index (Phi) is 12.9. The summed E-state index contributed by atoms with van der Waals surface area (Å²) < 4.78 is 10.2. The summed E-state index contributed by atoms with van der Waals surface area (Å²) in [6.07, 6.45) is 14.1. The number of hydrogen-bond donors (Lipinski definition) is 4. The van der Waals surface area contributed by atoms with Gasteiger partial charge in [-0.3, -0.25) is 28.3 Å². The third-order valence-electron chi connectivity index (χ3n) is 13.0. The number of nitrogens with two attached hydrogens (primary N) is 2. The number of carbonyl (C=O) groups is 2. The molecule has 380 valence electrons. The smallest absolute Gasteiger partial charge is 0.259 e. The molecule has 0 spiro atoms. The van der Waals surface area contributed by atoms with E-state index in [1.54, 1.807) is 52.5 Å². The number of aryl methyl sites for hydroxylation is 2. The number of anilines is 2. The number of rotatable bonds is 12. The topological polar surface area (TPSA) is 242 Å². The van der Waals surface area contributed by atoms with E-state index in [1.165, 1.54) is 9.03 Å². The number of nitrogens with zero attached hydrogens (tertiary/aromatic N) is 14. The van der Waals surface area contributed by atoms with Crippen molar-refractivity contribution < 1.29 is 9.59 Å². The first-order valence-corrected chi connectivity index (χ1v) is 24.8. The lowest BCUT2D eigenvalue weighted by molar-refractivity contribution is 0.0933. The van der Waals surface area contributed by atoms with Crippen LogP contribution in [0.4, 0.5) is 11.6 Å². The van der Waals surface area contributed by atoms with Crippen LogP contribution in [0.1, 0.15) is 69.2 Å². The van der Waals surface area contributed by atoms with Crippen molar-refractivity contribution in [2.24, 2.45) is 14.1 Å². The number of amides is 2. The Labute approximate surface area is 443 Å². The van der Waals surface area contributed by atoms with Gasteiger partial charge in [-0.1, -0.05) is 83.9 Å². The highest BCUT2D eigenvalue weighted by Gasteiger charge is 2.27. The van der Waals surface area contributed by atoms with Gasteiger partial charge in [0.15, 0.2) is 22.9 Å². The summed E-state index contributed by atoms with van der Waals surface area (Å²) in [4.78, 5) is 35.4. The van der Waals surface area contributed by atoms with Crippen LogP contribution in [0.5, 0.6) is 0 Å². The monoisotopic (exact) mass is 1050 g/mol.